The van der Waals surface area contributed by atoms with E-state index in [0.29, 0.717) is 29.4 Å². The van der Waals surface area contributed by atoms with Crippen LogP contribution in [-0.2, 0) is 6.42 Å². The summed E-state index contributed by atoms with van der Waals surface area (Å²) in [6, 6.07) is 10.8. The van der Waals surface area contributed by atoms with Crippen molar-refractivity contribution in [2.45, 2.75) is 32.2 Å². The molecule has 1 unspecified atom stereocenters. The van der Waals surface area contributed by atoms with Gasteiger partial charge in [0.1, 0.15) is 0 Å². The highest BCUT2D eigenvalue weighted by molar-refractivity contribution is 6.06. The monoisotopic (exact) mass is 365 g/mol. The largest absolute Gasteiger partial charge is 0.394 e. The Labute approximate surface area is 160 Å². The molecule has 1 aliphatic rings. The number of Topliss-reactive ketones (excluding diaryl/α,β-unsaturated/α-hetero) is 1. The standard InChI is InChI=1S/C22H27N3O2/c1-16(12-23-2)22-20(15-26)19(13-24-22)21(27)14-25-10-6-9-18(25)11-17-7-4-3-5-8-17/h3-5,7-8,12-13,15,18,23-24H,6,9-11,14H2,1-2H3/b16-12-. The summed E-state index contributed by atoms with van der Waals surface area (Å²) < 4.78 is 0. The van der Waals surface area contributed by atoms with Gasteiger partial charge in [-0.25, -0.2) is 0 Å². The lowest BCUT2D eigenvalue weighted by atomic mass is 10.0. The highest BCUT2D eigenvalue weighted by Gasteiger charge is 2.28. The van der Waals surface area contributed by atoms with Crippen LogP contribution in [0, 0.1) is 0 Å². The first-order chi connectivity index (χ1) is 13.1. The first-order valence-corrected chi connectivity index (χ1v) is 9.46. The van der Waals surface area contributed by atoms with E-state index in [1.54, 1.807) is 13.2 Å². The number of aldehydes is 1. The van der Waals surface area contributed by atoms with Crippen LogP contribution in [0.25, 0.3) is 5.57 Å². The molecule has 0 bridgehead atoms. The van der Waals surface area contributed by atoms with Gasteiger partial charge in [0, 0.05) is 31.0 Å². The minimum absolute atomic E-state index is 0.00295. The Morgan fingerprint density at radius 2 is 2.11 bits per heavy atom. The summed E-state index contributed by atoms with van der Waals surface area (Å²) in [5.41, 5.74) is 3.82. The smallest absolute Gasteiger partial charge is 0.179 e. The van der Waals surface area contributed by atoms with Crippen LogP contribution in [0.5, 0.6) is 0 Å². The Kier molecular flexibility index (Phi) is 6.24. The third-order valence-electron chi connectivity index (χ3n) is 5.25. The summed E-state index contributed by atoms with van der Waals surface area (Å²) in [4.78, 5) is 29.9. The molecule has 1 aromatic heterocycles. The summed E-state index contributed by atoms with van der Waals surface area (Å²) in [7, 11) is 1.80. The van der Waals surface area contributed by atoms with Crippen molar-refractivity contribution >= 4 is 17.6 Å². The Bertz CT molecular complexity index is 823. The number of nitrogens with one attached hydrogen (secondary N) is 2. The predicted molar refractivity (Wildman–Crippen MR) is 108 cm³/mol. The molecular formula is C22H27N3O2. The zero-order valence-electron chi connectivity index (χ0n) is 16.0. The van der Waals surface area contributed by atoms with Crippen molar-refractivity contribution < 1.29 is 9.59 Å². The number of hydrogen-bond acceptors (Lipinski definition) is 4. The highest BCUT2D eigenvalue weighted by atomic mass is 16.1. The van der Waals surface area contributed by atoms with Gasteiger partial charge in [0.25, 0.3) is 0 Å². The maximum absolute atomic E-state index is 12.9. The second-order valence-corrected chi connectivity index (χ2v) is 7.10. The van der Waals surface area contributed by atoms with E-state index in [0.717, 1.165) is 37.7 Å². The molecule has 142 valence electrons. The van der Waals surface area contributed by atoms with Crippen LogP contribution < -0.4 is 5.32 Å². The maximum atomic E-state index is 12.9. The fourth-order valence-electron chi connectivity index (χ4n) is 3.89. The minimum Gasteiger partial charge on any atom is -0.394 e. The fraction of sp³-hybridized carbons (Fsp3) is 0.364. The number of benzene rings is 1. The molecule has 1 saturated heterocycles. The summed E-state index contributed by atoms with van der Waals surface area (Å²) in [6.45, 7) is 3.18. The SMILES string of the molecule is CN/C=C(/C)c1[nH]cc(C(=O)CN2CCCC2Cc2ccccc2)c1C=O. The molecular weight excluding hydrogens is 338 g/mol. The van der Waals surface area contributed by atoms with Crippen molar-refractivity contribution in [3.8, 4) is 0 Å². The topological polar surface area (TPSA) is 65.2 Å². The summed E-state index contributed by atoms with van der Waals surface area (Å²) in [5, 5.41) is 2.95. The Morgan fingerprint density at radius 3 is 2.81 bits per heavy atom. The second-order valence-electron chi connectivity index (χ2n) is 7.10. The van der Waals surface area contributed by atoms with E-state index in [9.17, 15) is 9.59 Å². The molecule has 5 nitrogen and oxygen atoms in total. The van der Waals surface area contributed by atoms with Crippen LogP contribution in [0.3, 0.4) is 0 Å². The number of carbonyl (C=O) groups excluding carboxylic acids is 2. The fourth-order valence-corrected chi connectivity index (χ4v) is 3.89. The molecule has 1 aromatic carbocycles. The average molecular weight is 365 g/mol. The van der Waals surface area contributed by atoms with Crippen molar-refractivity contribution in [3.05, 3.63) is 65.1 Å². The van der Waals surface area contributed by atoms with E-state index >= 15 is 0 Å². The molecule has 0 radical (unpaired) electrons. The zero-order chi connectivity index (χ0) is 19.2. The number of hydrogen-bond donors (Lipinski definition) is 2. The second kappa shape index (κ2) is 8.82. The summed E-state index contributed by atoms with van der Waals surface area (Å²) >= 11 is 0. The van der Waals surface area contributed by atoms with Crippen LogP contribution in [-0.4, -0.2) is 48.1 Å². The van der Waals surface area contributed by atoms with Gasteiger partial charge in [0.05, 0.1) is 17.8 Å². The lowest BCUT2D eigenvalue weighted by Gasteiger charge is -2.23. The van der Waals surface area contributed by atoms with Gasteiger partial charge < -0.3 is 10.3 Å². The van der Waals surface area contributed by atoms with Gasteiger partial charge in [-0.3, -0.25) is 14.5 Å². The third-order valence-corrected chi connectivity index (χ3v) is 5.25. The molecule has 27 heavy (non-hydrogen) atoms. The molecule has 0 spiro atoms. The average Bonchev–Trinajstić information content (AvgIpc) is 3.29. The van der Waals surface area contributed by atoms with Gasteiger partial charge in [-0.15, -0.1) is 0 Å². The Morgan fingerprint density at radius 1 is 1.33 bits per heavy atom. The molecule has 0 amide bonds. The number of H-pyrrole nitrogens is 1. The number of carbonyl (C=O) groups is 2. The maximum Gasteiger partial charge on any atom is 0.179 e. The normalized spacial score (nSPS) is 17.9. The minimum atomic E-state index is -0.00295. The predicted octanol–water partition coefficient (Wildman–Crippen LogP) is 3.30. The van der Waals surface area contributed by atoms with Crippen LogP contribution >= 0.6 is 0 Å². The van der Waals surface area contributed by atoms with E-state index in [1.165, 1.54) is 5.56 Å². The van der Waals surface area contributed by atoms with Gasteiger partial charge in [-0.05, 0) is 43.9 Å². The molecule has 0 saturated carbocycles. The van der Waals surface area contributed by atoms with Crippen molar-refractivity contribution in [3.63, 3.8) is 0 Å². The lowest BCUT2D eigenvalue weighted by molar-refractivity contribution is 0.0917. The number of aromatic nitrogens is 1. The van der Waals surface area contributed by atoms with Gasteiger partial charge in [0.2, 0.25) is 0 Å². The van der Waals surface area contributed by atoms with Gasteiger partial charge in [-0.1, -0.05) is 30.3 Å². The van der Waals surface area contributed by atoms with E-state index in [4.69, 9.17) is 0 Å². The molecule has 1 fully saturated rings. The molecule has 2 heterocycles. The lowest BCUT2D eigenvalue weighted by Crippen LogP contribution is -2.35. The van der Waals surface area contributed by atoms with Crippen molar-refractivity contribution in [2.24, 2.45) is 0 Å². The number of rotatable bonds is 8. The van der Waals surface area contributed by atoms with Crippen LogP contribution in [0.1, 0.15) is 51.7 Å². The first kappa shape index (κ1) is 19.1. The van der Waals surface area contributed by atoms with Crippen molar-refractivity contribution in [1.29, 1.82) is 0 Å². The highest BCUT2D eigenvalue weighted by Crippen LogP contribution is 2.24. The Balaban J connectivity index is 1.73. The zero-order valence-corrected chi connectivity index (χ0v) is 16.0. The van der Waals surface area contributed by atoms with Crippen molar-refractivity contribution in [2.75, 3.05) is 20.1 Å². The van der Waals surface area contributed by atoms with Gasteiger partial charge in [-0.2, -0.15) is 0 Å². The van der Waals surface area contributed by atoms with Crippen LogP contribution in [0.4, 0.5) is 0 Å². The molecule has 1 aliphatic heterocycles. The molecule has 5 heteroatoms. The van der Waals surface area contributed by atoms with E-state index in [-0.39, 0.29) is 5.78 Å². The van der Waals surface area contributed by atoms with E-state index in [1.807, 2.05) is 19.2 Å². The third kappa shape index (κ3) is 4.37. The van der Waals surface area contributed by atoms with E-state index in [2.05, 4.69) is 39.5 Å². The van der Waals surface area contributed by atoms with E-state index < -0.39 is 0 Å². The number of allylic oxidation sites excluding steroid dienone is 1. The summed E-state index contributed by atoms with van der Waals surface area (Å²) in [5.74, 6) is -0.00295. The van der Waals surface area contributed by atoms with Crippen molar-refractivity contribution in [1.82, 2.24) is 15.2 Å². The molecule has 2 aromatic rings. The molecule has 3 rings (SSSR count). The number of likely N-dealkylation sites (tertiary alicyclic amines) is 1. The summed E-state index contributed by atoms with van der Waals surface area (Å²) in [6.07, 6.45) is 7.41. The van der Waals surface area contributed by atoms with Crippen LogP contribution in [0.15, 0.2) is 42.7 Å². The molecule has 0 aliphatic carbocycles. The number of nitrogens with zero attached hydrogens (tertiary/aromatic N) is 1. The molecule has 2 N–H and O–H groups in total. The first-order valence-electron chi connectivity index (χ1n) is 9.46. The number of ketones is 1. The molecule has 1 atom stereocenters. The van der Waals surface area contributed by atoms with Crippen LogP contribution in [0.2, 0.25) is 0 Å². The Hall–Kier alpha value is -2.66. The number of aromatic amines is 1. The quantitative estimate of drug-likeness (QED) is 0.556. The van der Waals surface area contributed by atoms with Gasteiger partial charge >= 0.3 is 0 Å². The van der Waals surface area contributed by atoms with Gasteiger partial charge in [0.15, 0.2) is 12.1 Å².